The van der Waals surface area contributed by atoms with Crippen LogP contribution in [-0.2, 0) is 11.3 Å². The summed E-state index contributed by atoms with van der Waals surface area (Å²) in [6.45, 7) is 4.51. The van der Waals surface area contributed by atoms with Crippen LogP contribution >= 0.6 is 24.8 Å². The van der Waals surface area contributed by atoms with Crippen LogP contribution in [0.4, 0.5) is 0 Å². The largest absolute Gasteiger partial charge is 0.341 e. The molecular formula is C21H29Cl2N3O. The number of halogens is 2. The molecule has 1 aliphatic rings. The third-order valence-corrected chi connectivity index (χ3v) is 4.81. The number of nitrogens with two attached hydrogens (primary N) is 1. The number of hydrogen-bond acceptors (Lipinski definition) is 3. The van der Waals surface area contributed by atoms with Gasteiger partial charge in [0.25, 0.3) is 0 Å². The topological polar surface area (TPSA) is 49.6 Å². The van der Waals surface area contributed by atoms with Crippen molar-refractivity contribution in [1.82, 2.24) is 9.80 Å². The van der Waals surface area contributed by atoms with Crippen LogP contribution in [0.2, 0.25) is 0 Å². The highest BCUT2D eigenvalue weighted by Gasteiger charge is 2.21. The monoisotopic (exact) mass is 409 g/mol. The molecule has 1 fully saturated rings. The van der Waals surface area contributed by atoms with E-state index in [0.29, 0.717) is 6.42 Å². The zero-order chi connectivity index (χ0) is 17.5. The normalized spacial score (nSPS) is 15.8. The molecule has 3 rings (SSSR count). The highest BCUT2D eigenvalue weighted by Crippen LogP contribution is 2.16. The molecule has 0 bridgehead atoms. The summed E-state index contributed by atoms with van der Waals surface area (Å²) in [5.74, 6) is 0.165. The van der Waals surface area contributed by atoms with Gasteiger partial charge < -0.3 is 10.6 Å². The molecule has 2 aromatic rings. The molecule has 1 heterocycles. The average molecular weight is 410 g/mol. The second kappa shape index (κ2) is 12.0. The van der Waals surface area contributed by atoms with Gasteiger partial charge >= 0.3 is 0 Å². The van der Waals surface area contributed by atoms with Gasteiger partial charge in [-0.05, 0) is 17.5 Å². The van der Waals surface area contributed by atoms with Crippen LogP contribution in [0.25, 0.3) is 0 Å². The van der Waals surface area contributed by atoms with E-state index in [4.69, 9.17) is 5.73 Å². The minimum absolute atomic E-state index is 0. The minimum Gasteiger partial charge on any atom is -0.341 e. The Morgan fingerprint density at radius 1 is 0.889 bits per heavy atom. The Kier molecular flexibility index (Phi) is 10.4. The number of hydrogen-bond donors (Lipinski definition) is 1. The number of carbonyl (C=O) groups excluding carboxylic acids is 1. The van der Waals surface area contributed by atoms with Gasteiger partial charge in [0.15, 0.2) is 0 Å². The molecule has 0 radical (unpaired) electrons. The van der Waals surface area contributed by atoms with E-state index in [0.717, 1.165) is 44.7 Å². The number of benzene rings is 2. The van der Waals surface area contributed by atoms with E-state index >= 15 is 0 Å². The molecule has 0 aromatic heterocycles. The van der Waals surface area contributed by atoms with Crippen LogP contribution in [0.1, 0.15) is 30.0 Å². The Hall–Kier alpha value is -1.59. The fourth-order valence-electron chi connectivity index (χ4n) is 3.36. The molecule has 0 aliphatic carbocycles. The quantitative estimate of drug-likeness (QED) is 0.819. The van der Waals surface area contributed by atoms with Crippen molar-refractivity contribution in [2.75, 3.05) is 26.2 Å². The summed E-state index contributed by atoms with van der Waals surface area (Å²) >= 11 is 0. The fourth-order valence-corrected chi connectivity index (χ4v) is 3.36. The van der Waals surface area contributed by atoms with Crippen molar-refractivity contribution in [3.8, 4) is 0 Å². The van der Waals surface area contributed by atoms with Crippen molar-refractivity contribution in [3.05, 3.63) is 71.8 Å². The minimum atomic E-state index is -0.225. The van der Waals surface area contributed by atoms with E-state index in [2.05, 4.69) is 29.2 Å². The molecular weight excluding hydrogens is 381 g/mol. The smallest absolute Gasteiger partial charge is 0.224 e. The summed E-state index contributed by atoms with van der Waals surface area (Å²) in [7, 11) is 0. The maximum Gasteiger partial charge on any atom is 0.224 e. The predicted octanol–water partition coefficient (Wildman–Crippen LogP) is 3.65. The summed E-state index contributed by atoms with van der Waals surface area (Å²) in [6, 6.07) is 20.2. The lowest BCUT2D eigenvalue weighted by Gasteiger charge is -2.23. The molecule has 27 heavy (non-hydrogen) atoms. The number of nitrogens with zero attached hydrogens (tertiary/aromatic N) is 2. The van der Waals surface area contributed by atoms with Gasteiger partial charge in [-0.2, -0.15) is 0 Å². The van der Waals surface area contributed by atoms with Crippen molar-refractivity contribution < 1.29 is 4.79 Å². The van der Waals surface area contributed by atoms with Gasteiger partial charge in [0.1, 0.15) is 0 Å². The van der Waals surface area contributed by atoms with Crippen molar-refractivity contribution in [3.63, 3.8) is 0 Å². The molecule has 1 atom stereocenters. The molecule has 148 valence electrons. The SMILES string of the molecule is Cl.Cl.NC(CC(=O)N1CCCN(Cc2ccccc2)CC1)c1ccccc1. The number of rotatable bonds is 5. The Labute approximate surface area is 174 Å². The van der Waals surface area contributed by atoms with Gasteiger partial charge in [-0.3, -0.25) is 9.69 Å². The molecule has 2 N–H and O–H groups in total. The van der Waals surface area contributed by atoms with E-state index in [1.807, 2.05) is 41.3 Å². The van der Waals surface area contributed by atoms with Gasteiger partial charge in [0, 0.05) is 45.2 Å². The molecule has 1 unspecified atom stereocenters. The van der Waals surface area contributed by atoms with Crippen LogP contribution in [0.5, 0.6) is 0 Å². The average Bonchev–Trinajstić information content (AvgIpc) is 2.89. The predicted molar refractivity (Wildman–Crippen MR) is 115 cm³/mol. The van der Waals surface area contributed by atoms with Gasteiger partial charge in [-0.1, -0.05) is 60.7 Å². The van der Waals surface area contributed by atoms with Crippen molar-refractivity contribution in [2.24, 2.45) is 5.73 Å². The maximum atomic E-state index is 12.6. The third-order valence-electron chi connectivity index (χ3n) is 4.81. The standard InChI is InChI=1S/C21H27N3O.2ClH/c22-20(19-10-5-2-6-11-19)16-21(25)24-13-7-12-23(14-15-24)17-18-8-3-1-4-9-18;;/h1-6,8-11,20H,7,12-17,22H2;2*1H. The first-order valence-corrected chi connectivity index (χ1v) is 9.07. The molecule has 2 aromatic carbocycles. The molecule has 1 aliphatic heterocycles. The lowest BCUT2D eigenvalue weighted by Crippen LogP contribution is -2.36. The van der Waals surface area contributed by atoms with Crippen LogP contribution in [-0.4, -0.2) is 41.9 Å². The molecule has 0 saturated carbocycles. The van der Waals surface area contributed by atoms with E-state index in [-0.39, 0.29) is 36.8 Å². The lowest BCUT2D eigenvalue weighted by molar-refractivity contribution is -0.131. The second-order valence-electron chi connectivity index (χ2n) is 6.72. The van der Waals surface area contributed by atoms with Gasteiger partial charge in [-0.25, -0.2) is 0 Å². The zero-order valence-electron chi connectivity index (χ0n) is 15.5. The number of carbonyl (C=O) groups is 1. The zero-order valence-corrected chi connectivity index (χ0v) is 17.1. The van der Waals surface area contributed by atoms with E-state index in [1.54, 1.807) is 0 Å². The van der Waals surface area contributed by atoms with E-state index in [9.17, 15) is 4.79 Å². The molecule has 6 heteroatoms. The van der Waals surface area contributed by atoms with Crippen LogP contribution in [0, 0.1) is 0 Å². The first-order valence-electron chi connectivity index (χ1n) is 9.07. The van der Waals surface area contributed by atoms with E-state index < -0.39 is 0 Å². The van der Waals surface area contributed by atoms with Crippen LogP contribution in [0.15, 0.2) is 60.7 Å². The summed E-state index contributed by atoms with van der Waals surface area (Å²) in [5, 5.41) is 0. The summed E-state index contributed by atoms with van der Waals surface area (Å²) in [4.78, 5) is 17.0. The van der Waals surface area contributed by atoms with Crippen molar-refractivity contribution in [1.29, 1.82) is 0 Å². The Morgan fingerprint density at radius 2 is 1.52 bits per heavy atom. The molecule has 0 spiro atoms. The van der Waals surface area contributed by atoms with Crippen molar-refractivity contribution >= 4 is 30.7 Å². The van der Waals surface area contributed by atoms with Crippen molar-refractivity contribution in [2.45, 2.75) is 25.4 Å². The maximum absolute atomic E-state index is 12.6. The van der Waals surface area contributed by atoms with Crippen LogP contribution in [0.3, 0.4) is 0 Å². The van der Waals surface area contributed by atoms with Gasteiger partial charge in [-0.15, -0.1) is 24.8 Å². The lowest BCUT2D eigenvalue weighted by atomic mass is 10.0. The Morgan fingerprint density at radius 3 is 2.19 bits per heavy atom. The highest BCUT2D eigenvalue weighted by atomic mass is 35.5. The first-order chi connectivity index (χ1) is 12.2. The first kappa shape index (κ1) is 23.4. The Balaban J connectivity index is 0.00000182. The Bertz CT molecular complexity index is 670. The van der Waals surface area contributed by atoms with Gasteiger partial charge in [0.05, 0.1) is 0 Å². The summed E-state index contributed by atoms with van der Waals surface area (Å²) in [6.07, 6.45) is 1.39. The second-order valence-corrected chi connectivity index (χ2v) is 6.72. The van der Waals surface area contributed by atoms with Crippen LogP contribution < -0.4 is 5.73 Å². The fraction of sp³-hybridized carbons (Fsp3) is 0.381. The summed E-state index contributed by atoms with van der Waals surface area (Å²) < 4.78 is 0. The highest BCUT2D eigenvalue weighted by molar-refractivity contribution is 5.85. The molecule has 1 amide bonds. The molecule has 4 nitrogen and oxygen atoms in total. The van der Waals surface area contributed by atoms with E-state index in [1.165, 1.54) is 5.56 Å². The third kappa shape index (κ3) is 7.15. The molecule has 1 saturated heterocycles. The number of amides is 1. The summed E-state index contributed by atoms with van der Waals surface area (Å²) in [5.41, 5.74) is 8.56. The van der Waals surface area contributed by atoms with Gasteiger partial charge in [0.2, 0.25) is 5.91 Å².